The predicted octanol–water partition coefficient (Wildman–Crippen LogP) is 3.79. The van der Waals surface area contributed by atoms with E-state index in [-0.39, 0.29) is 17.9 Å². The number of nitrogens with zero attached hydrogens (tertiary/aromatic N) is 1. The topological polar surface area (TPSA) is 46.3 Å². The Morgan fingerprint density at radius 2 is 1.91 bits per heavy atom. The van der Waals surface area contributed by atoms with Gasteiger partial charge in [0.05, 0.1) is 5.92 Å². The molecule has 0 fully saturated rings. The maximum absolute atomic E-state index is 12.3. The Morgan fingerprint density at radius 1 is 1.17 bits per heavy atom. The van der Waals surface area contributed by atoms with Crippen molar-refractivity contribution >= 4 is 11.6 Å². The Morgan fingerprint density at radius 3 is 2.61 bits per heavy atom. The van der Waals surface area contributed by atoms with Crippen LogP contribution in [0.5, 0.6) is 0 Å². The van der Waals surface area contributed by atoms with Crippen LogP contribution in [0, 0.1) is 0 Å². The van der Waals surface area contributed by atoms with Gasteiger partial charge in [0.2, 0.25) is 5.91 Å². The van der Waals surface area contributed by atoms with Crippen LogP contribution in [0.3, 0.4) is 0 Å². The highest BCUT2D eigenvalue weighted by molar-refractivity contribution is 6.04. The molecule has 0 aromatic heterocycles. The first-order chi connectivity index (χ1) is 11.1. The molecule has 0 saturated heterocycles. The fourth-order valence-corrected chi connectivity index (χ4v) is 3.34. The maximum atomic E-state index is 12.3. The van der Waals surface area contributed by atoms with Crippen LogP contribution < -0.4 is 10.6 Å². The molecule has 0 saturated carbocycles. The van der Waals surface area contributed by atoms with Crippen LogP contribution >= 0.6 is 0 Å². The first kappa shape index (κ1) is 15.8. The number of anilines is 1. The monoisotopic (exact) mass is 308 g/mol. The second-order valence-electron chi connectivity index (χ2n) is 6.25. The van der Waals surface area contributed by atoms with Gasteiger partial charge in [0.15, 0.2) is 0 Å². The molecule has 120 valence electrons. The zero-order valence-corrected chi connectivity index (χ0v) is 13.8. The molecule has 2 aromatic rings. The normalized spacial score (nSPS) is 18.1. The van der Waals surface area contributed by atoms with Crippen molar-refractivity contribution in [2.75, 3.05) is 11.4 Å². The molecule has 2 unspecified atom stereocenters. The number of nitrogens with two attached hydrogens (primary N) is 1. The summed E-state index contributed by atoms with van der Waals surface area (Å²) < 4.78 is 0. The largest absolute Gasteiger partial charge is 0.324 e. The number of rotatable bonds is 5. The number of benzene rings is 2. The second kappa shape index (κ2) is 6.55. The molecule has 2 atom stereocenters. The highest BCUT2D eigenvalue weighted by Crippen LogP contribution is 2.38. The molecule has 0 spiro atoms. The van der Waals surface area contributed by atoms with E-state index in [1.165, 1.54) is 5.56 Å². The van der Waals surface area contributed by atoms with E-state index < -0.39 is 0 Å². The highest BCUT2D eigenvalue weighted by Gasteiger charge is 2.33. The molecule has 1 aliphatic heterocycles. The Balaban J connectivity index is 1.76. The first-order valence-corrected chi connectivity index (χ1v) is 8.36. The third kappa shape index (κ3) is 3.02. The summed E-state index contributed by atoms with van der Waals surface area (Å²) in [6, 6.07) is 16.7. The molecule has 23 heavy (non-hydrogen) atoms. The van der Waals surface area contributed by atoms with Crippen LogP contribution in [0.1, 0.15) is 48.9 Å². The van der Waals surface area contributed by atoms with Crippen molar-refractivity contribution in [2.24, 2.45) is 5.73 Å². The standard InChI is InChI=1S/C20H24N2O/c1-3-22-19-12-10-16(13-17(19)14(2)20(22)23)18(21)11-9-15-7-5-4-6-8-15/h4-8,10,12-14,18H,3,9,11,21H2,1-2H3. The lowest BCUT2D eigenvalue weighted by molar-refractivity contribution is -0.118. The van der Waals surface area contributed by atoms with Gasteiger partial charge >= 0.3 is 0 Å². The molecule has 1 heterocycles. The van der Waals surface area contributed by atoms with E-state index in [1.807, 2.05) is 24.8 Å². The summed E-state index contributed by atoms with van der Waals surface area (Å²) >= 11 is 0. The molecule has 2 N–H and O–H groups in total. The zero-order chi connectivity index (χ0) is 16.4. The van der Waals surface area contributed by atoms with Gasteiger partial charge in [0, 0.05) is 18.3 Å². The predicted molar refractivity (Wildman–Crippen MR) is 94.6 cm³/mol. The molecule has 3 heteroatoms. The van der Waals surface area contributed by atoms with Crippen molar-refractivity contribution in [1.29, 1.82) is 0 Å². The summed E-state index contributed by atoms with van der Waals surface area (Å²) in [6.07, 6.45) is 1.87. The fraction of sp³-hybridized carbons (Fsp3) is 0.350. The van der Waals surface area contributed by atoms with E-state index in [4.69, 9.17) is 5.73 Å². The fourth-order valence-electron chi connectivity index (χ4n) is 3.34. The van der Waals surface area contributed by atoms with Gasteiger partial charge in [-0.3, -0.25) is 4.79 Å². The van der Waals surface area contributed by atoms with Crippen molar-refractivity contribution in [2.45, 2.75) is 38.6 Å². The summed E-state index contributed by atoms with van der Waals surface area (Å²) in [5.41, 5.74) is 11.0. The molecule has 2 aromatic carbocycles. The summed E-state index contributed by atoms with van der Waals surface area (Å²) in [6.45, 7) is 4.71. The Kier molecular flexibility index (Phi) is 4.49. The summed E-state index contributed by atoms with van der Waals surface area (Å²) in [5.74, 6) is 0.128. The van der Waals surface area contributed by atoms with Crippen molar-refractivity contribution < 1.29 is 4.79 Å². The third-order valence-electron chi connectivity index (χ3n) is 4.78. The van der Waals surface area contributed by atoms with Crippen molar-refractivity contribution in [3.8, 4) is 0 Å². The molecular formula is C20H24N2O. The molecule has 1 aliphatic rings. The van der Waals surface area contributed by atoms with Crippen molar-refractivity contribution in [3.63, 3.8) is 0 Å². The SMILES string of the molecule is CCN1C(=O)C(C)c2cc(C(N)CCc3ccccc3)ccc21. The average molecular weight is 308 g/mol. The lowest BCUT2D eigenvalue weighted by atomic mass is 9.95. The number of hydrogen-bond donors (Lipinski definition) is 1. The summed E-state index contributed by atoms with van der Waals surface area (Å²) in [4.78, 5) is 14.1. The van der Waals surface area contributed by atoms with Crippen molar-refractivity contribution in [1.82, 2.24) is 0 Å². The lowest BCUT2D eigenvalue weighted by Gasteiger charge is -2.16. The van der Waals surface area contributed by atoms with E-state index in [9.17, 15) is 4.79 Å². The molecule has 0 radical (unpaired) electrons. The van der Waals surface area contributed by atoms with E-state index in [2.05, 4.69) is 42.5 Å². The van der Waals surface area contributed by atoms with Gasteiger partial charge in [-0.2, -0.15) is 0 Å². The lowest BCUT2D eigenvalue weighted by Crippen LogP contribution is -2.27. The smallest absolute Gasteiger partial charge is 0.234 e. The van der Waals surface area contributed by atoms with Gasteiger partial charge in [-0.25, -0.2) is 0 Å². The molecule has 0 aliphatic carbocycles. The zero-order valence-electron chi connectivity index (χ0n) is 13.8. The first-order valence-electron chi connectivity index (χ1n) is 8.36. The number of fused-ring (bicyclic) bond motifs is 1. The molecule has 3 nitrogen and oxygen atoms in total. The van der Waals surface area contributed by atoms with Gasteiger partial charge < -0.3 is 10.6 Å². The molecule has 0 bridgehead atoms. The molecule has 3 rings (SSSR count). The average Bonchev–Trinajstić information content (AvgIpc) is 2.84. The van der Waals surface area contributed by atoms with Crippen LogP contribution in [0.15, 0.2) is 48.5 Å². The van der Waals surface area contributed by atoms with Crippen LogP contribution in [0.4, 0.5) is 5.69 Å². The second-order valence-corrected chi connectivity index (χ2v) is 6.25. The number of aryl methyl sites for hydroxylation is 1. The van der Waals surface area contributed by atoms with Crippen LogP contribution in [0.25, 0.3) is 0 Å². The Labute approximate surface area is 138 Å². The van der Waals surface area contributed by atoms with Gasteiger partial charge in [-0.15, -0.1) is 0 Å². The van der Waals surface area contributed by atoms with Gasteiger partial charge in [-0.05, 0) is 49.4 Å². The molecular weight excluding hydrogens is 284 g/mol. The highest BCUT2D eigenvalue weighted by atomic mass is 16.2. The number of carbonyl (C=O) groups excluding carboxylic acids is 1. The van der Waals surface area contributed by atoms with Crippen LogP contribution in [-0.4, -0.2) is 12.5 Å². The van der Waals surface area contributed by atoms with Gasteiger partial charge in [0.1, 0.15) is 0 Å². The number of amides is 1. The summed E-state index contributed by atoms with van der Waals surface area (Å²) in [5, 5.41) is 0. The third-order valence-corrected chi connectivity index (χ3v) is 4.78. The van der Waals surface area contributed by atoms with Crippen molar-refractivity contribution in [3.05, 3.63) is 65.2 Å². The van der Waals surface area contributed by atoms with E-state index in [0.29, 0.717) is 0 Å². The van der Waals surface area contributed by atoms with E-state index in [1.54, 1.807) is 0 Å². The van der Waals surface area contributed by atoms with E-state index in [0.717, 1.165) is 36.2 Å². The van der Waals surface area contributed by atoms with Crippen LogP contribution in [0.2, 0.25) is 0 Å². The minimum Gasteiger partial charge on any atom is -0.324 e. The quantitative estimate of drug-likeness (QED) is 0.913. The Bertz CT molecular complexity index is 696. The number of carbonyl (C=O) groups is 1. The summed E-state index contributed by atoms with van der Waals surface area (Å²) in [7, 11) is 0. The minimum atomic E-state index is -0.0637. The van der Waals surface area contributed by atoms with E-state index >= 15 is 0 Å². The maximum Gasteiger partial charge on any atom is 0.234 e. The van der Waals surface area contributed by atoms with Gasteiger partial charge in [-0.1, -0.05) is 42.5 Å². The number of hydrogen-bond acceptors (Lipinski definition) is 2. The van der Waals surface area contributed by atoms with Crippen LogP contribution in [-0.2, 0) is 11.2 Å². The van der Waals surface area contributed by atoms with Gasteiger partial charge in [0.25, 0.3) is 0 Å². The number of likely N-dealkylation sites (N-methyl/N-ethyl adjacent to an activating group) is 1. The minimum absolute atomic E-state index is 0.00140. The Hall–Kier alpha value is -2.13. The molecule has 1 amide bonds.